The molecule has 0 unspecified atom stereocenters. The molecule has 0 radical (unpaired) electrons. The second-order valence-corrected chi connectivity index (χ2v) is 7.85. The molecule has 1 aliphatic carbocycles. The van der Waals surface area contributed by atoms with E-state index in [9.17, 15) is 14.0 Å². The molecule has 0 atom stereocenters. The van der Waals surface area contributed by atoms with Gasteiger partial charge in [-0.05, 0) is 48.7 Å². The average Bonchev–Trinajstić information content (AvgIpc) is 3.57. The highest BCUT2D eigenvalue weighted by atomic mass is 19.1. The van der Waals surface area contributed by atoms with E-state index in [2.05, 4.69) is 10.2 Å². The van der Waals surface area contributed by atoms with Crippen LogP contribution in [0, 0.1) is 5.82 Å². The summed E-state index contributed by atoms with van der Waals surface area (Å²) < 4.78 is 18.8. The molecule has 2 aliphatic rings. The van der Waals surface area contributed by atoms with E-state index in [0.717, 1.165) is 18.4 Å². The number of carbonyl (C=O) groups is 2. The number of hydrogen-bond acceptors (Lipinski definition) is 4. The van der Waals surface area contributed by atoms with Gasteiger partial charge in [-0.15, -0.1) is 0 Å². The molecule has 1 saturated heterocycles. The van der Waals surface area contributed by atoms with Gasteiger partial charge in [0.1, 0.15) is 18.2 Å². The highest BCUT2D eigenvalue weighted by molar-refractivity contribution is 5.94. The number of amides is 2. The van der Waals surface area contributed by atoms with Gasteiger partial charge in [-0.3, -0.25) is 14.5 Å². The predicted octanol–water partition coefficient (Wildman–Crippen LogP) is 2.44. The zero-order chi connectivity index (χ0) is 20.9. The van der Waals surface area contributed by atoms with Crippen LogP contribution in [0.5, 0.6) is 5.75 Å². The van der Waals surface area contributed by atoms with Crippen LogP contribution in [0.3, 0.4) is 0 Å². The van der Waals surface area contributed by atoms with Crippen LogP contribution in [0.15, 0.2) is 48.5 Å². The molecule has 6 nitrogen and oxygen atoms in total. The van der Waals surface area contributed by atoms with Crippen LogP contribution in [0.1, 0.15) is 28.8 Å². The van der Waals surface area contributed by atoms with E-state index >= 15 is 0 Å². The largest absolute Gasteiger partial charge is 0.489 e. The Balaban J connectivity index is 1.27. The molecule has 2 aromatic carbocycles. The van der Waals surface area contributed by atoms with Crippen molar-refractivity contribution in [3.05, 3.63) is 65.5 Å². The Morgan fingerprint density at radius 2 is 1.77 bits per heavy atom. The average molecular weight is 411 g/mol. The number of nitrogens with one attached hydrogen (secondary N) is 1. The van der Waals surface area contributed by atoms with Crippen molar-refractivity contribution >= 4 is 11.8 Å². The molecule has 30 heavy (non-hydrogen) atoms. The quantitative estimate of drug-likeness (QED) is 0.760. The lowest BCUT2D eigenvalue weighted by Crippen LogP contribution is -2.51. The maximum absolute atomic E-state index is 13.0. The van der Waals surface area contributed by atoms with Crippen molar-refractivity contribution in [1.82, 2.24) is 15.1 Å². The van der Waals surface area contributed by atoms with Crippen molar-refractivity contribution in [2.75, 3.05) is 32.7 Å². The van der Waals surface area contributed by atoms with Crippen molar-refractivity contribution in [2.45, 2.75) is 25.5 Å². The molecular weight excluding hydrogens is 385 g/mol. The summed E-state index contributed by atoms with van der Waals surface area (Å²) in [5.74, 6) is 0.350. The van der Waals surface area contributed by atoms with E-state index in [4.69, 9.17) is 4.74 Å². The normalized spacial score (nSPS) is 16.9. The van der Waals surface area contributed by atoms with E-state index in [1.54, 1.807) is 36.4 Å². The second-order valence-electron chi connectivity index (χ2n) is 7.85. The van der Waals surface area contributed by atoms with E-state index < -0.39 is 0 Å². The monoisotopic (exact) mass is 411 g/mol. The van der Waals surface area contributed by atoms with Gasteiger partial charge in [0.05, 0.1) is 6.54 Å². The minimum atomic E-state index is -0.282. The van der Waals surface area contributed by atoms with Crippen molar-refractivity contribution in [2.24, 2.45) is 0 Å². The summed E-state index contributed by atoms with van der Waals surface area (Å²) in [4.78, 5) is 28.7. The Kier molecular flexibility index (Phi) is 6.28. The minimum absolute atomic E-state index is 0.0377. The van der Waals surface area contributed by atoms with Crippen molar-refractivity contribution < 1.29 is 18.7 Å². The smallest absolute Gasteiger partial charge is 0.254 e. The molecule has 2 fully saturated rings. The van der Waals surface area contributed by atoms with Gasteiger partial charge in [0.25, 0.3) is 5.91 Å². The highest BCUT2D eigenvalue weighted by Gasteiger charge is 2.26. The number of nitrogens with zero attached hydrogens (tertiary/aromatic N) is 2. The maximum atomic E-state index is 13.0. The van der Waals surface area contributed by atoms with Crippen LogP contribution in [0.2, 0.25) is 0 Å². The van der Waals surface area contributed by atoms with Gasteiger partial charge in [0.15, 0.2) is 0 Å². The van der Waals surface area contributed by atoms with Gasteiger partial charge < -0.3 is 15.0 Å². The number of benzene rings is 2. The van der Waals surface area contributed by atoms with Crippen molar-refractivity contribution in [3.63, 3.8) is 0 Å². The zero-order valence-electron chi connectivity index (χ0n) is 16.9. The molecule has 0 aromatic heterocycles. The van der Waals surface area contributed by atoms with E-state index in [0.29, 0.717) is 56.7 Å². The number of piperazine rings is 1. The molecule has 0 spiro atoms. The van der Waals surface area contributed by atoms with Gasteiger partial charge in [-0.25, -0.2) is 4.39 Å². The highest BCUT2D eigenvalue weighted by Crippen LogP contribution is 2.19. The summed E-state index contributed by atoms with van der Waals surface area (Å²) in [6.45, 7) is 3.26. The van der Waals surface area contributed by atoms with E-state index in [1.807, 2.05) is 4.90 Å². The summed E-state index contributed by atoms with van der Waals surface area (Å²) in [6, 6.07) is 13.6. The third-order valence-corrected chi connectivity index (χ3v) is 5.37. The van der Waals surface area contributed by atoms with E-state index in [-0.39, 0.29) is 17.6 Å². The molecule has 2 amide bonds. The predicted molar refractivity (Wildman–Crippen MR) is 111 cm³/mol. The SMILES string of the molecule is O=C(CN1CCN(C(=O)c2cccc(OCc3ccc(F)cc3)c2)CC1)NC1CC1. The molecule has 1 saturated carbocycles. The number of halogens is 1. The van der Waals surface area contributed by atoms with Gasteiger partial charge in [0.2, 0.25) is 5.91 Å². The lowest BCUT2D eigenvalue weighted by atomic mass is 10.1. The molecule has 0 bridgehead atoms. The lowest BCUT2D eigenvalue weighted by Gasteiger charge is -2.34. The Morgan fingerprint density at radius 1 is 1.03 bits per heavy atom. The summed E-state index contributed by atoms with van der Waals surface area (Å²) in [5, 5.41) is 3.00. The maximum Gasteiger partial charge on any atom is 0.254 e. The topological polar surface area (TPSA) is 61.9 Å². The Labute approximate surface area is 175 Å². The van der Waals surface area contributed by atoms with Gasteiger partial charge >= 0.3 is 0 Å². The number of ether oxygens (including phenoxy) is 1. The summed E-state index contributed by atoms with van der Waals surface area (Å²) in [7, 11) is 0. The molecule has 158 valence electrons. The summed E-state index contributed by atoms with van der Waals surface area (Å²) in [5.41, 5.74) is 1.43. The molecule has 4 rings (SSSR count). The standard InChI is InChI=1S/C23H26FN3O3/c24-19-6-4-17(5-7-19)16-30-21-3-1-2-18(14-21)23(29)27-12-10-26(11-13-27)15-22(28)25-20-8-9-20/h1-7,14,20H,8-13,15-16H2,(H,25,28). The lowest BCUT2D eigenvalue weighted by molar-refractivity contribution is -0.122. The van der Waals surface area contributed by atoms with Gasteiger partial charge in [0, 0.05) is 37.8 Å². The third-order valence-electron chi connectivity index (χ3n) is 5.37. The minimum Gasteiger partial charge on any atom is -0.489 e. The fourth-order valence-electron chi connectivity index (χ4n) is 3.46. The number of hydrogen-bond donors (Lipinski definition) is 1. The Bertz CT molecular complexity index is 891. The third kappa shape index (κ3) is 5.57. The molecule has 2 aromatic rings. The Morgan fingerprint density at radius 3 is 2.47 bits per heavy atom. The van der Waals surface area contributed by atoms with Crippen LogP contribution in [0.4, 0.5) is 4.39 Å². The number of carbonyl (C=O) groups excluding carboxylic acids is 2. The Hall–Kier alpha value is -2.93. The molecular formula is C23H26FN3O3. The van der Waals surface area contributed by atoms with Crippen LogP contribution in [-0.4, -0.2) is 60.4 Å². The molecule has 7 heteroatoms. The zero-order valence-corrected chi connectivity index (χ0v) is 16.9. The molecule has 1 aliphatic heterocycles. The fraction of sp³-hybridized carbons (Fsp3) is 0.391. The first-order valence-corrected chi connectivity index (χ1v) is 10.3. The van der Waals surface area contributed by atoms with Gasteiger partial charge in [-0.1, -0.05) is 18.2 Å². The van der Waals surface area contributed by atoms with Crippen molar-refractivity contribution in [3.8, 4) is 5.75 Å². The van der Waals surface area contributed by atoms with Gasteiger partial charge in [-0.2, -0.15) is 0 Å². The summed E-state index contributed by atoms with van der Waals surface area (Å²) >= 11 is 0. The van der Waals surface area contributed by atoms with Crippen LogP contribution >= 0.6 is 0 Å². The second kappa shape index (κ2) is 9.26. The van der Waals surface area contributed by atoms with Crippen molar-refractivity contribution in [1.29, 1.82) is 0 Å². The van der Waals surface area contributed by atoms with Crippen LogP contribution in [0.25, 0.3) is 0 Å². The first-order valence-electron chi connectivity index (χ1n) is 10.3. The summed E-state index contributed by atoms with van der Waals surface area (Å²) in [6.07, 6.45) is 2.17. The first-order chi connectivity index (χ1) is 14.6. The van der Waals surface area contributed by atoms with Crippen LogP contribution < -0.4 is 10.1 Å². The first kappa shape index (κ1) is 20.3. The fourth-order valence-corrected chi connectivity index (χ4v) is 3.46. The molecule has 1 heterocycles. The van der Waals surface area contributed by atoms with E-state index in [1.165, 1.54) is 12.1 Å². The number of rotatable bonds is 7. The van der Waals surface area contributed by atoms with Crippen LogP contribution in [-0.2, 0) is 11.4 Å². The molecule has 1 N–H and O–H groups in total.